The molecule has 0 saturated carbocycles. The van der Waals surface area contributed by atoms with E-state index in [0.29, 0.717) is 0 Å². The zero-order valence-electron chi connectivity index (χ0n) is 6.45. The molecule has 0 bridgehead atoms. The van der Waals surface area contributed by atoms with Crippen molar-refractivity contribution in [3.05, 3.63) is 0 Å². The van der Waals surface area contributed by atoms with Crippen LogP contribution in [0.3, 0.4) is 0 Å². The molecule has 10 heteroatoms. The summed E-state index contributed by atoms with van der Waals surface area (Å²) < 4.78 is 10.0. The van der Waals surface area contributed by atoms with E-state index in [1.807, 2.05) is 0 Å². The molecule has 0 radical (unpaired) electrons. The predicted molar refractivity (Wildman–Crippen MR) is 37.0 cm³/mol. The molecule has 0 aromatic heterocycles. The lowest BCUT2D eigenvalue weighted by molar-refractivity contribution is -0.195. The zero-order valence-corrected chi connectivity index (χ0v) is 7.34. The second-order valence-electron chi connectivity index (χ2n) is 2.18. The van der Waals surface area contributed by atoms with Gasteiger partial charge in [-0.15, -0.1) is 0 Å². The van der Waals surface area contributed by atoms with Crippen molar-refractivity contribution in [2.75, 3.05) is 0 Å². The molecule has 0 heterocycles. The zero-order chi connectivity index (χ0) is 11.5. The van der Waals surface area contributed by atoms with Gasteiger partial charge < -0.3 is 25.3 Å². The first-order chi connectivity index (χ1) is 6.21. The van der Waals surface area contributed by atoms with Crippen molar-refractivity contribution < 1.29 is 39.5 Å². The smallest absolute Gasteiger partial charge is 0.411 e. The Balaban J connectivity index is 4.99. The molecule has 0 aromatic carbocycles. The van der Waals surface area contributed by atoms with Crippen molar-refractivity contribution in [1.82, 2.24) is 5.09 Å². The molecule has 0 fully saturated rings. The summed E-state index contributed by atoms with van der Waals surface area (Å²) in [6, 6.07) is 0. The van der Waals surface area contributed by atoms with Gasteiger partial charge in [0, 0.05) is 0 Å². The Morgan fingerprint density at radius 1 is 1.43 bits per heavy atom. The van der Waals surface area contributed by atoms with Crippen LogP contribution < -0.4 is 9.98 Å². The van der Waals surface area contributed by atoms with Gasteiger partial charge in [-0.25, -0.2) is 9.59 Å². The van der Waals surface area contributed by atoms with Crippen molar-refractivity contribution in [2.45, 2.75) is 11.8 Å². The third-order valence-electron chi connectivity index (χ3n) is 1.22. The number of hydrogen-bond acceptors (Lipinski definition) is 6. The lowest BCUT2D eigenvalue weighted by atomic mass is 10.1. The summed E-state index contributed by atoms with van der Waals surface area (Å²) in [6.07, 6.45) is -2.81. The molecule has 0 aliphatic rings. The SMILES string of the molecule is O=C(O)C(O)C(O)(N[P+](=O)[O-])C(=O)O. The largest absolute Gasteiger partial charge is 0.578 e. The van der Waals surface area contributed by atoms with E-state index >= 15 is 0 Å². The topological polar surface area (TPSA) is 167 Å². The number of carbonyl (C=O) groups is 2. The minimum absolute atomic E-state index is 1.02. The fourth-order valence-electron chi connectivity index (χ4n) is 0.544. The average molecular weight is 227 g/mol. The van der Waals surface area contributed by atoms with Crippen LogP contribution in [0.25, 0.3) is 0 Å². The van der Waals surface area contributed by atoms with Crippen molar-refractivity contribution in [2.24, 2.45) is 0 Å². The van der Waals surface area contributed by atoms with Gasteiger partial charge in [-0.1, -0.05) is 9.65 Å². The highest BCUT2D eigenvalue weighted by Gasteiger charge is 2.51. The van der Waals surface area contributed by atoms with Gasteiger partial charge in [0.25, 0.3) is 5.72 Å². The number of carboxylic acids is 2. The standard InChI is InChI=1S/C4H6NO8P/c6-1(2(7)8)4(11,3(9)10)5-14(12)13/h1,6,11H,(H,7,8)(H,9,10)(H,5,12,13). The van der Waals surface area contributed by atoms with E-state index in [2.05, 4.69) is 0 Å². The minimum atomic E-state index is -3.58. The van der Waals surface area contributed by atoms with Gasteiger partial charge in [0.15, 0.2) is 0 Å². The number of hydrogen-bond donors (Lipinski definition) is 5. The summed E-state index contributed by atoms with van der Waals surface area (Å²) in [5, 5.41) is 35.2. The molecular weight excluding hydrogens is 221 g/mol. The highest BCUT2D eigenvalue weighted by molar-refractivity contribution is 7.34. The number of nitrogens with one attached hydrogen (secondary N) is 1. The van der Waals surface area contributed by atoms with Gasteiger partial charge in [-0.05, 0) is 0 Å². The molecule has 80 valence electrons. The molecule has 0 rings (SSSR count). The highest BCUT2D eigenvalue weighted by atomic mass is 31.1. The first kappa shape index (κ1) is 12.9. The first-order valence-electron chi connectivity index (χ1n) is 3.00. The van der Waals surface area contributed by atoms with Gasteiger partial charge in [0.1, 0.15) is 0 Å². The lowest BCUT2D eigenvalue weighted by Gasteiger charge is -2.22. The summed E-state index contributed by atoms with van der Waals surface area (Å²) >= 11 is 0. The maximum absolute atomic E-state index is 10.3. The van der Waals surface area contributed by atoms with Crippen LogP contribution in [0, 0.1) is 0 Å². The highest BCUT2D eigenvalue weighted by Crippen LogP contribution is 2.15. The Hall–Kier alpha value is -1.12. The maximum atomic E-state index is 10.3. The first-order valence-corrected chi connectivity index (χ1v) is 4.18. The number of carboxylic acid groups (broad SMARTS) is 2. The molecule has 14 heavy (non-hydrogen) atoms. The lowest BCUT2D eigenvalue weighted by Crippen LogP contribution is -2.61. The summed E-state index contributed by atoms with van der Waals surface area (Å²) in [5.74, 6) is -4.31. The van der Waals surface area contributed by atoms with Gasteiger partial charge in [-0.2, -0.15) is 0 Å². The molecule has 3 unspecified atom stereocenters. The van der Waals surface area contributed by atoms with Gasteiger partial charge >= 0.3 is 20.1 Å². The van der Waals surface area contributed by atoms with Crippen LogP contribution in [-0.2, 0) is 14.2 Å². The van der Waals surface area contributed by atoms with E-state index in [-0.39, 0.29) is 0 Å². The fourth-order valence-corrected chi connectivity index (χ4v) is 1.04. The average Bonchev–Trinajstić information content (AvgIpc) is 2.00. The molecule has 0 spiro atoms. The second-order valence-corrected chi connectivity index (χ2v) is 2.92. The fraction of sp³-hybridized carbons (Fsp3) is 0.500. The van der Waals surface area contributed by atoms with Crippen molar-refractivity contribution in [3.8, 4) is 0 Å². The number of aliphatic hydroxyl groups excluding tert-OH is 1. The monoisotopic (exact) mass is 227 g/mol. The number of aliphatic hydroxyl groups is 2. The predicted octanol–water partition coefficient (Wildman–Crippen LogP) is -3.19. The summed E-state index contributed by atoms with van der Waals surface area (Å²) in [6.45, 7) is 0. The molecule has 0 aliphatic heterocycles. The van der Waals surface area contributed by atoms with Crippen LogP contribution in [0.2, 0.25) is 0 Å². The molecule has 3 atom stereocenters. The quantitative estimate of drug-likeness (QED) is 0.240. The minimum Gasteiger partial charge on any atom is -0.578 e. The van der Waals surface area contributed by atoms with E-state index in [9.17, 15) is 19.0 Å². The van der Waals surface area contributed by atoms with Crippen LogP contribution in [-0.4, -0.2) is 44.2 Å². The van der Waals surface area contributed by atoms with Gasteiger partial charge in [-0.3, -0.25) is 0 Å². The number of rotatable bonds is 5. The second kappa shape index (κ2) is 4.40. The van der Waals surface area contributed by atoms with E-state index in [0.717, 1.165) is 5.09 Å². The maximum Gasteiger partial charge on any atom is 0.411 e. The Morgan fingerprint density at radius 2 is 1.86 bits per heavy atom. The van der Waals surface area contributed by atoms with Crippen molar-refractivity contribution in [1.29, 1.82) is 0 Å². The molecule has 9 nitrogen and oxygen atoms in total. The van der Waals surface area contributed by atoms with Crippen molar-refractivity contribution >= 4 is 20.1 Å². The van der Waals surface area contributed by atoms with Gasteiger partial charge in [0.05, 0.1) is 0 Å². The normalized spacial score (nSPS) is 18.1. The number of aliphatic carboxylic acids is 2. The summed E-state index contributed by atoms with van der Waals surface area (Å²) in [5.41, 5.74) is -3.47. The molecule has 0 amide bonds. The van der Waals surface area contributed by atoms with E-state index in [1.54, 1.807) is 0 Å². The molecule has 5 N–H and O–H groups in total. The Morgan fingerprint density at radius 3 is 2.07 bits per heavy atom. The molecule has 0 aliphatic carbocycles. The Bertz CT molecular complexity index is 279. The Labute approximate surface area is 77.5 Å². The summed E-state index contributed by atoms with van der Waals surface area (Å²) in [4.78, 5) is 30.5. The molecule has 0 saturated heterocycles. The third-order valence-corrected chi connectivity index (χ3v) is 1.74. The van der Waals surface area contributed by atoms with Crippen LogP contribution >= 0.6 is 8.18 Å². The van der Waals surface area contributed by atoms with E-state index in [1.165, 1.54) is 0 Å². The third kappa shape index (κ3) is 2.69. The van der Waals surface area contributed by atoms with Crippen LogP contribution in [0.15, 0.2) is 0 Å². The Kier molecular flexibility index (Phi) is 4.05. The van der Waals surface area contributed by atoms with Gasteiger partial charge in [0.2, 0.25) is 6.10 Å². The summed E-state index contributed by atoms with van der Waals surface area (Å²) in [7, 11) is -3.58. The van der Waals surface area contributed by atoms with Crippen molar-refractivity contribution in [3.63, 3.8) is 0 Å². The van der Waals surface area contributed by atoms with E-state index < -0.39 is 31.9 Å². The molecular formula is C4H6NO8P. The van der Waals surface area contributed by atoms with Crippen LogP contribution in [0.1, 0.15) is 0 Å². The van der Waals surface area contributed by atoms with Crippen LogP contribution in [0.4, 0.5) is 0 Å². The molecule has 0 aromatic rings. The van der Waals surface area contributed by atoms with Crippen LogP contribution in [0.5, 0.6) is 0 Å². The van der Waals surface area contributed by atoms with E-state index in [4.69, 9.17) is 20.4 Å².